The summed E-state index contributed by atoms with van der Waals surface area (Å²) >= 11 is 0. The average molecular weight is 412 g/mol. The number of rotatable bonds is 7. The standard InChI is InChI=1S/C23H29N3O4/c1-24-12-14-25(15-13-24)16-21-22(30-20-10-8-19(29-3)9-11-20)23(27)26(21)17-4-6-18(28-2)7-5-17/h4-11,21-22H,12-16H2,1-3H3/t21-,22+/m1/s1. The van der Waals surface area contributed by atoms with Crippen molar-refractivity contribution in [2.24, 2.45) is 0 Å². The van der Waals surface area contributed by atoms with Gasteiger partial charge in [0.25, 0.3) is 5.91 Å². The summed E-state index contributed by atoms with van der Waals surface area (Å²) in [6.07, 6.45) is -0.500. The lowest BCUT2D eigenvalue weighted by Crippen LogP contribution is -2.71. The molecule has 0 bridgehead atoms. The van der Waals surface area contributed by atoms with Crippen LogP contribution < -0.4 is 19.1 Å². The van der Waals surface area contributed by atoms with Crippen LogP contribution in [0.5, 0.6) is 17.2 Å². The molecule has 0 aliphatic carbocycles. The monoisotopic (exact) mass is 411 g/mol. The lowest BCUT2D eigenvalue weighted by Gasteiger charge is -2.48. The van der Waals surface area contributed by atoms with Crippen LogP contribution in [0.25, 0.3) is 0 Å². The van der Waals surface area contributed by atoms with Crippen LogP contribution in [0.1, 0.15) is 0 Å². The summed E-state index contributed by atoms with van der Waals surface area (Å²) in [6, 6.07) is 14.9. The molecule has 2 saturated heterocycles. The van der Waals surface area contributed by atoms with Crippen molar-refractivity contribution in [1.29, 1.82) is 0 Å². The number of carbonyl (C=O) groups excluding carboxylic acids is 1. The Kier molecular flexibility index (Phi) is 6.11. The highest BCUT2D eigenvalue weighted by Gasteiger charge is 2.50. The van der Waals surface area contributed by atoms with Gasteiger partial charge in [-0.2, -0.15) is 0 Å². The summed E-state index contributed by atoms with van der Waals surface area (Å²) in [5.74, 6) is 2.19. The van der Waals surface area contributed by atoms with Gasteiger partial charge in [-0.15, -0.1) is 0 Å². The van der Waals surface area contributed by atoms with Gasteiger partial charge in [0.15, 0.2) is 6.10 Å². The number of hydrogen-bond donors (Lipinski definition) is 0. The van der Waals surface area contributed by atoms with Crippen molar-refractivity contribution in [2.75, 3.05) is 58.9 Å². The predicted octanol–water partition coefficient (Wildman–Crippen LogP) is 2.11. The van der Waals surface area contributed by atoms with Gasteiger partial charge in [-0.1, -0.05) is 0 Å². The van der Waals surface area contributed by atoms with E-state index in [-0.39, 0.29) is 11.9 Å². The molecule has 7 heteroatoms. The minimum atomic E-state index is -0.500. The van der Waals surface area contributed by atoms with Crippen LogP contribution in [0.3, 0.4) is 0 Å². The Balaban J connectivity index is 1.52. The molecule has 2 heterocycles. The summed E-state index contributed by atoms with van der Waals surface area (Å²) in [5.41, 5.74) is 0.870. The Labute approximate surface area is 177 Å². The number of carbonyl (C=O) groups is 1. The third-order valence-corrected chi connectivity index (χ3v) is 5.88. The molecule has 2 atom stereocenters. The van der Waals surface area contributed by atoms with Crippen LogP contribution in [0, 0.1) is 0 Å². The van der Waals surface area contributed by atoms with E-state index in [0.717, 1.165) is 49.9 Å². The predicted molar refractivity (Wildman–Crippen MR) is 116 cm³/mol. The Bertz CT molecular complexity index is 848. The van der Waals surface area contributed by atoms with E-state index in [1.807, 2.05) is 53.4 Å². The molecule has 0 unspecified atom stereocenters. The molecule has 160 valence electrons. The molecule has 2 aliphatic heterocycles. The fourth-order valence-corrected chi connectivity index (χ4v) is 3.98. The van der Waals surface area contributed by atoms with Crippen molar-refractivity contribution in [3.8, 4) is 17.2 Å². The van der Waals surface area contributed by atoms with E-state index < -0.39 is 6.10 Å². The number of nitrogens with zero attached hydrogens (tertiary/aromatic N) is 3. The summed E-state index contributed by atoms with van der Waals surface area (Å²) in [7, 11) is 5.41. The highest BCUT2D eigenvalue weighted by Crippen LogP contribution is 2.33. The second-order valence-electron chi connectivity index (χ2n) is 7.79. The number of amides is 1. The van der Waals surface area contributed by atoms with Crippen LogP contribution in [0.15, 0.2) is 48.5 Å². The molecule has 7 nitrogen and oxygen atoms in total. The molecule has 0 saturated carbocycles. The Hall–Kier alpha value is -2.77. The van der Waals surface area contributed by atoms with E-state index in [9.17, 15) is 4.79 Å². The van der Waals surface area contributed by atoms with Crippen molar-refractivity contribution in [2.45, 2.75) is 12.1 Å². The molecule has 4 rings (SSSR count). The van der Waals surface area contributed by atoms with Gasteiger partial charge in [0.05, 0.1) is 20.3 Å². The normalized spacial score (nSPS) is 22.5. The first-order valence-electron chi connectivity index (χ1n) is 10.3. The third-order valence-electron chi connectivity index (χ3n) is 5.88. The van der Waals surface area contributed by atoms with Gasteiger partial charge in [-0.3, -0.25) is 9.69 Å². The zero-order chi connectivity index (χ0) is 21.1. The molecule has 2 aromatic rings. The van der Waals surface area contributed by atoms with Gasteiger partial charge in [0.1, 0.15) is 17.2 Å². The van der Waals surface area contributed by atoms with Crippen LogP contribution in [-0.2, 0) is 4.79 Å². The maximum absolute atomic E-state index is 13.1. The minimum Gasteiger partial charge on any atom is -0.497 e. The molecule has 2 fully saturated rings. The smallest absolute Gasteiger partial charge is 0.270 e. The number of β-lactam (4-membered cyclic amide) rings is 1. The number of benzene rings is 2. The van der Waals surface area contributed by atoms with Gasteiger partial charge in [-0.05, 0) is 55.6 Å². The second kappa shape index (κ2) is 8.93. The summed E-state index contributed by atoms with van der Waals surface area (Å²) in [4.78, 5) is 19.7. The Morgan fingerprint density at radius 2 is 1.37 bits per heavy atom. The van der Waals surface area contributed by atoms with Crippen molar-refractivity contribution >= 4 is 11.6 Å². The highest BCUT2D eigenvalue weighted by atomic mass is 16.5. The fraction of sp³-hybridized carbons (Fsp3) is 0.435. The second-order valence-corrected chi connectivity index (χ2v) is 7.79. The molecule has 1 amide bonds. The van der Waals surface area contributed by atoms with Crippen LogP contribution in [0.4, 0.5) is 5.69 Å². The summed E-state index contributed by atoms with van der Waals surface area (Å²) in [6.45, 7) is 4.84. The zero-order valence-corrected chi connectivity index (χ0v) is 17.8. The number of anilines is 1. The van der Waals surface area contributed by atoms with Crippen LogP contribution in [0.2, 0.25) is 0 Å². The molecule has 2 aliphatic rings. The van der Waals surface area contributed by atoms with Crippen molar-refractivity contribution in [3.05, 3.63) is 48.5 Å². The van der Waals surface area contributed by atoms with E-state index in [1.165, 1.54) is 0 Å². The molecular formula is C23H29N3O4. The lowest BCUT2D eigenvalue weighted by atomic mass is 9.95. The van der Waals surface area contributed by atoms with E-state index >= 15 is 0 Å². The Morgan fingerprint density at radius 3 is 1.93 bits per heavy atom. The first-order chi connectivity index (χ1) is 14.6. The lowest BCUT2D eigenvalue weighted by molar-refractivity contribution is -0.135. The number of methoxy groups -OCH3 is 2. The minimum absolute atomic E-state index is 0.0184. The van der Waals surface area contributed by atoms with Gasteiger partial charge in [0.2, 0.25) is 0 Å². The third kappa shape index (κ3) is 4.22. The average Bonchev–Trinajstić information content (AvgIpc) is 2.79. The van der Waals surface area contributed by atoms with E-state index in [1.54, 1.807) is 14.2 Å². The molecule has 0 aromatic heterocycles. The highest BCUT2D eigenvalue weighted by molar-refractivity contribution is 6.05. The van der Waals surface area contributed by atoms with Gasteiger partial charge >= 0.3 is 0 Å². The number of piperazine rings is 1. The first kappa shape index (κ1) is 20.5. The molecule has 0 spiro atoms. The topological polar surface area (TPSA) is 54.5 Å². The van der Waals surface area contributed by atoms with Crippen LogP contribution >= 0.6 is 0 Å². The zero-order valence-electron chi connectivity index (χ0n) is 17.8. The first-order valence-corrected chi connectivity index (χ1v) is 10.3. The van der Waals surface area contributed by atoms with E-state index in [2.05, 4.69) is 16.8 Å². The van der Waals surface area contributed by atoms with Crippen molar-refractivity contribution in [1.82, 2.24) is 9.80 Å². The molecule has 0 N–H and O–H groups in total. The van der Waals surface area contributed by atoms with Crippen molar-refractivity contribution < 1.29 is 19.0 Å². The molecule has 0 radical (unpaired) electrons. The number of hydrogen-bond acceptors (Lipinski definition) is 6. The van der Waals surface area contributed by atoms with Crippen molar-refractivity contribution in [3.63, 3.8) is 0 Å². The largest absolute Gasteiger partial charge is 0.497 e. The maximum Gasteiger partial charge on any atom is 0.270 e. The summed E-state index contributed by atoms with van der Waals surface area (Å²) < 4.78 is 16.6. The Morgan fingerprint density at radius 1 is 0.833 bits per heavy atom. The molecule has 2 aromatic carbocycles. The number of likely N-dealkylation sites (N-methyl/N-ethyl adjacent to an activating group) is 1. The number of ether oxygens (including phenoxy) is 3. The van der Waals surface area contributed by atoms with Gasteiger partial charge in [0, 0.05) is 38.4 Å². The van der Waals surface area contributed by atoms with Crippen LogP contribution in [-0.4, -0.2) is 81.8 Å². The SMILES string of the molecule is COc1ccc(O[C@@H]2C(=O)N(c3ccc(OC)cc3)[C@@H]2CN2CCN(C)CC2)cc1. The van der Waals surface area contributed by atoms with E-state index in [4.69, 9.17) is 14.2 Å². The molecular weight excluding hydrogens is 382 g/mol. The quantitative estimate of drug-likeness (QED) is 0.651. The van der Waals surface area contributed by atoms with Gasteiger partial charge in [-0.25, -0.2) is 0 Å². The molecule has 30 heavy (non-hydrogen) atoms. The fourth-order valence-electron chi connectivity index (χ4n) is 3.98. The van der Waals surface area contributed by atoms with Gasteiger partial charge < -0.3 is 24.0 Å². The van der Waals surface area contributed by atoms with E-state index in [0.29, 0.717) is 5.75 Å². The summed E-state index contributed by atoms with van der Waals surface area (Å²) in [5, 5.41) is 0. The maximum atomic E-state index is 13.1.